The van der Waals surface area contributed by atoms with Crippen molar-refractivity contribution in [2.24, 2.45) is 5.10 Å². The van der Waals surface area contributed by atoms with Crippen LogP contribution in [0.2, 0.25) is 15.2 Å². The van der Waals surface area contributed by atoms with Crippen LogP contribution in [0.15, 0.2) is 29.4 Å². The number of aromatic nitrogens is 1. The zero-order chi connectivity index (χ0) is 17.0. The summed E-state index contributed by atoms with van der Waals surface area (Å²) in [5.41, 5.74) is 8.52. The number of nitrogen functional groups attached to an aromatic ring is 1. The van der Waals surface area contributed by atoms with Crippen molar-refractivity contribution in [3.8, 4) is 5.75 Å². The molecule has 1 heterocycles. The number of nitrogens with zero attached hydrogens (tertiary/aromatic N) is 2. The minimum atomic E-state index is -0.662. The van der Waals surface area contributed by atoms with E-state index in [-0.39, 0.29) is 26.6 Å². The highest BCUT2D eigenvalue weighted by Crippen LogP contribution is 2.34. The summed E-state index contributed by atoms with van der Waals surface area (Å²) in [6.07, 6.45) is 1.45. The van der Waals surface area contributed by atoms with Crippen molar-refractivity contribution in [3.05, 3.63) is 50.7 Å². The van der Waals surface area contributed by atoms with Gasteiger partial charge < -0.3 is 10.5 Å². The third-order valence-electron chi connectivity index (χ3n) is 2.78. The van der Waals surface area contributed by atoms with Gasteiger partial charge in [-0.25, -0.2) is 10.4 Å². The second-order valence-electron chi connectivity index (χ2n) is 4.27. The second-order valence-corrected chi connectivity index (χ2v) is 5.38. The van der Waals surface area contributed by atoms with Crippen LogP contribution in [-0.2, 0) is 0 Å². The first-order chi connectivity index (χ1) is 10.9. The average Bonchev–Trinajstić information content (AvgIpc) is 2.56. The van der Waals surface area contributed by atoms with Crippen molar-refractivity contribution < 1.29 is 9.53 Å². The summed E-state index contributed by atoms with van der Waals surface area (Å²) in [4.78, 5) is 15.8. The SMILES string of the molecule is COc1ccc(C=NNC(=O)c2nc(Cl)c(Cl)c(N)c2Cl)cc1. The van der Waals surface area contributed by atoms with Gasteiger partial charge in [-0.05, 0) is 29.8 Å². The number of ether oxygens (including phenoxy) is 1. The highest BCUT2D eigenvalue weighted by Gasteiger charge is 2.19. The number of methoxy groups -OCH3 is 1. The van der Waals surface area contributed by atoms with Crippen LogP contribution in [0.25, 0.3) is 0 Å². The van der Waals surface area contributed by atoms with Gasteiger partial charge in [0.05, 0.1) is 24.0 Å². The molecule has 3 N–H and O–H groups in total. The third kappa shape index (κ3) is 4.04. The molecule has 0 fully saturated rings. The molecule has 0 bridgehead atoms. The number of hydrogen-bond acceptors (Lipinski definition) is 5. The van der Waals surface area contributed by atoms with Crippen LogP contribution in [0.5, 0.6) is 5.75 Å². The molecule has 23 heavy (non-hydrogen) atoms. The highest BCUT2D eigenvalue weighted by molar-refractivity contribution is 6.46. The molecular weight excluding hydrogens is 363 g/mol. The van der Waals surface area contributed by atoms with E-state index in [0.717, 1.165) is 5.56 Å². The molecule has 0 saturated carbocycles. The van der Waals surface area contributed by atoms with Crippen molar-refractivity contribution in [2.45, 2.75) is 0 Å². The van der Waals surface area contributed by atoms with E-state index in [9.17, 15) is 4.79 Å². The minimum absolute atomic E-state index is 0.00468. The number of anilines is 1. The van der Waals surface area contributed by atoms with Gasteiger partial charge in [-0.2, -0.15) is 5.10 Å². The molecule has 0 unspecified atom stereocenters. The van der Waals surface area contributed by atoms with E-state index in [2.05, 4.69) is 15.5 Å². The van der Waals surface area contributed by atoms with Gasteiger partial charge in [0.25, 0.3) is 5.91 Å². The maximum absolute atomic E-state index is 12.0. The van der Waals surface area contributed by atoms with Crippen LogP contribution in [0.3, 0.4) is 0 Å². The molecule has 0 saturated heterocycles. The van der Waals surface area contributed by atoms with Crippen molar-refractivity contribution in [3.63, 3.8) is 0 Å². The number of rotatable bonds is 4. The zero-order valence-corrected chi connectivity index (χ0v) is 14.1. The van der Waals surface area contributed by atoms with Gasteiger partial charge >= 0.3 is 0 Å². The Morgan fingerprint density at radius 2 is 1.91 bits per heavy atom. The summed E-state index contributed by atoms with van der Waals surface area (Å²) in [5, 5.41) is 3.61. The predicted octanol–water partition coefficient (Wildman–Crippen LogP) is 3.40. The van der Waals surface area contributed by atoms with Gasteiger partial charge in [-0.3, -0.25) is 4.79 Å². The molecular formula is C14H11Cl3N4O2. The van der Waals surface area contributed by atoms with Gasteiger partial charge in [0.2, 0.25) is 0 Å². The Bertz CT molecular complexity index is 764. The lowest BCUT2D eigenvalue weighted by atomic mass is 10.2. The molecule has 1 aromatic heterocycles. The van der Waals surface area contributed by atoms with E-state index in [1.54, 1.807) is 31.4 Å². The monoisotopic (exact) mass is 372 g/mol. The fourth-order valence-electron chi connectivity index (χ4n) is 1.59. The summed E-state index contributed by atoms with van der Waals surface area (Å²) >= 11 is 17.5. The number of carbonyl (C=O) groups is 1. The normalized spacial score (nSPS) is 10.8. The average molecular weight is 374 g/mol. The lowest BCUT2D eigenvalue weighted by molar-refractivity contribution is 0.0950. The quantitative estimate of drug-likeness (QED) is 0.488. The fourth-order valence-corrected chi connectivity index (χ4v) is 2.18. The number of hydrazone groups is 1. The number of amides is 1. The molecule has 6 nitrogen and oxygen atoms in total. The van der Waals surface area contributed by atoms with Gasteiger partial charge in [0.1, 0.15) is 10.8 Å². The van der Waals surface area contributed by atoms with Gasteiger partial charge in [0, 0.05) is 0 Å². The molecule has 2 rings (SSSR count). The van der Waals surface area contributed by atoms with Crippen LogP contribution < -0.4 is 15.9 Å². The van der Waals surface area contributed by atoms with Crippen LogP contribution >= 0.6 is 34.8 Å². The van der Waals surface area contributed by atoms with E-state index in [1.165, 1.54) is 6.21 Å². The Hall–Kier alpha value is -2.02. The molecule has 0 radical (unpaired) electrons. The van der Waals surface area contributed by atoms with E-state index >= 15 is 0 Å². The predicted molar refractivity (Wildman–Crippen MR) is 91.7 cm³/mol. The molecule has 120 valence electrons. The maximum atomic E-state index is 12.0. The molecule has 0 spiro atoms. The lowest BCUT2D eigenvalue weighted by Gasteiger charge is -2.07. The van der Waals surface area contributed by atoms with Crippen molar-refractivity contribution in [1.82, 2.24) is 10.4 Å². The second kappa shape index (κ2) is 7.50. The standard InChI is InChI=1S/C14H11Cl3N4O2/c1-23-8-4-2-7(3-5-8)6-19-21-14(22)12-9(15)11(18)10(16)13(17)20-12/h2-6H,1H3,(H2,18,20)(H,21,22). The first kappa shape index (κ1) is 17.3. The van der Waals surface area contributed by atoms with Crippen LogP contribution in [0.1, 0.15) is 16.1 Å². The highest BCUT2D eigenvalue weighted by atomic mass is 35.5. The summed E-state index contributed by atoms with van der Waals surface area (Å²) in [5.74, 6) is 0.0541. The molecule has 0 aliphatic rings. The van der Waals surface area contributed by atoms with E-state index < -0.39 is 5.91 Å². The third-order valence-corrected chi connectivity index (χ3v) is 3.92. The molecule has 0 aliphatic heterocycles. The molecule has 0 atom stereocenters. The Kier molecular flexibility index (Phi) is 5.65. The number of carbonyl (C=O) groups excluding carboxylic acids is 1. The number of nitrogens with two attached hydrogens (primary N) is 1. The van der Waals surface area contributed by atoms with Gasteiger partial charge in [-0.1, -0.05) is 34.8 Å². The number of halogens is 3. The van der Waals surface area contributed by atoms with Crippen molar-refractivity contribution in [1.29, 1.82) is 0 Å². The number of nitrogens with one attached hydrogen (secondary N) is 1. The minimum Gasteiger partial charge on any atom is -0.497 e. The van der Waals surface area contributed by atoms with E-state index in [4.69, 9.17) is 45.3 Å². The van der Waals surface area contributed by atoms with Crippen molar-refractivity contribution in [2.75, 3.05) is 12.8 Å². The van der Waals surface area contributed by atoms with Crippen molar-refractivity contribution >= 4 is 52.6 Å². The summed E-state index contributed by atoms with van der Waals surface area (Å²) in [7, 11) is 1.57. The number of pyridine rings is 1. The Balaban J connectivity index is 2.11. The first-order valence-corrected chi connectivity index (χ1v) is 7.35. The molecule has 9 heteroatoms. The van der Waals surface area contributed by atoms with E-state index in [0.29, 0.717) is 5.75 Å². The van der Waals surface area contributed by atoms with Crippen LogP contribution in [0, 0.1) is 0 Å². The molecule has 0 aliphatic carbocycles. The molecule has 1 aromatic carbocycles. The summed E-state index contributed by atoms with van der Waals surface area (Å²) in [6.45, 7) is 0. The number of hydrogen-bond donors (Lipinski definition) is 2. The van der Waals surface area contributed by atoms with Crippen LogP contribution in [0.4, 0.5) is 5.69 Å². The van der Waals surface area contributed by atoms with Gasteiger partial charge in [0.15, 0.2) is 10.8 Å². The summed E-state index contributed by atoms with van der Waals surface area (Å²) < 4.78 is 5.04. The lowest BCUT2D eigenvalue weighted by Crippen LogP contribution is -2.20. The van der Waals surface area contributed by atoms with E-state index in [1.807, 2.05) is 0 Å². The zero-order valence-electron chi connectivity index (χ0n) is 11.8. The fraction of sp³-hybridized carbons (Fsp3) is 0.0714. The Labute approximate surface area is 147 Å². The first-order valence-electron chi connectivity index (χ1n) is 6.21. The summed E-state index contributed by atoms with van der Waals surface area (Å²) in [6, 6.07) is 7.08. The van der Waals surface area contributed by atoms with Gasteiger partial charge in [-0.15, -0.1) is 0 Å². The molecule has 1 amide bonds. The maximum Gasteiger partial charge on any atom is 0.291 e. The molecule has 2 aromatic rings. The van der Waals surface area contributed by atoms with Crippen LogP contribution in [-0.4, -0.2) is 24.2 Å². The smallest absolute Gasteiger partial charge is 0.291 e. The number of benzene rings is 1. The Morgan fingerprint density at radius 1 is 1.26 bits per heavy atom. The largest absolute Gasteiger partial charge is 0.497 e. The Morgan fingerprint density at radius 3 is 2.52 bits per heavy atom. The topological polar surface area (TPSA) is 89.6 Å².